The van der Waals surface area contributed by atoms with E-state index in [-0.39, 0.29) is 54.0 Å². The summed E-state index contributed by atoms with van der Waals surface area (Å²) < 4.78 is 5.92. The fourth-order valence-corrected chi connectivity index (χ4v) is 5.28. The van der Waals surface area contributed by atoms with Gasteiger partial charge in [0.05, 0.1) is 17.9 Å². The predicted octanol–water partition coefficient (Wildman–Crippen LogP) is 2.75. The number of carbonyl (C=O) groups excluding carboxylic acids is 3. The van der Waals surface area contributed by atoms with E-state index in [9.17, 15) is 14.4 Å². The molecule has 1 aliphatic heterocycles. The lowest BCUT2D eigenvalue weighted by Gasteiger charge is -2.17. The number of carbonyl (C=O) groups is 3. The molecule has 4 aliphatic rings. The highest BCUT2D eigenvalue weighted by Crippen LogP contribution is 2.52. The summed E-state index contributed by atoms with van der Waals surface area (Å²) in [4.78, 5) is 38.9. The summed E-state index contributed by atoms with van der Waals surface area (Å²) >= 11 is 0. The Kier molecular flexibility index (Phi) is 4.22. The van der Waals surface area contributed by atoms with Crippen molar-refractivity contribution in [3.05, 3.63) is 36.4 Å². The molecule has 2 bridgehead atoms. The molecule has 0 spiro atoms. The number of nitrogens with one attached hydrogen (secondary N) is 1. The second-order valence-electron chi connectivity index (χ2n) is 8.36. The highest BCUT2D eigenvalue weighted by atomic mass is 16.5. The van der Waals surface area contributed by atoms with Gasteiger partial charge in [-0.15, -0.1) is 0 Å². The molecule has 2 saturated carbocycles. The second-order valence-corrected chi connectivity index (χ2v) is 8.36. The maximum Gasteiger partial charge on any atom is 0.244 e. The zero-order chi connectivity index (χ0) is 19.3. The van der Waals surface area contributed by atoms with Crippen LogP contribution in [-0.2, 0) is 14.4 Å². The third-order valence-corrected chi connectivity index (χ3v) is 6.61. The van der Waals surface area contributed by atoms with Crippen molar-refractivity contribution < 1.29 is 19.1 Å². The van der Waals surface area contributed by atoms with Crippen LogP contribution in [-0.4, -0.2) is 35.3 Å². The molecule has 0 aromatic heterocycles. The van der Waals surface area contributed by atoms with Crippen LogP contribution >= 0.6 is 0 Å². The third kappa shape index (κ3) is 2.91. The van der Waals surface area contributed by atoms with Crippen LogP contribution in [0.3, 0.4) is 0 Å². The van der Waals surface area contributed by atoms with Gasteiger partial charge in [0.1, 0.15) is 12.3 Å². The molecule has 6 nitrogen and oxygen atoms in total. The lowest BCUT2D eigenvalue weighted by atomic mass is 9.85. The lowest BCUT2D eigenvalue weighted by molar-refractivity contribution is -0.143. The third-order valence-electron chi connectivity index (χ3n) is 6.61. The molecule has 3 amide bonds. The highest BCUT2D eigenvalue weighted by molar-refractivity contribution is 6.09. The zero-order valence-corrected chi connectivity index (χ0v) is 15.7. The maximum atomic E-state index is 12.7. The fourth-order valence-electron chi connectivity index (χ4n) is 5.28. The van der Waals surface area contributed by atoms with Gasteiger partial charge in [-0.25, -0.2) is 0 Å². The zero-order valence-electron chi connectivity index (χ0n) is 15.7. The number of hydrogen-bond acceptors (Lipinski definition) is 4. The van der Waals surface area contributed by atoms with Crippen molar-refractivity contribution in [2.24, 2.45) is 23.7 Å². The topological polar surface area (TPSA) is 75.7 Å². The molecule has 4 unspecified atom stereocenters. The Morgan fingerprint density at radius 2 is 1.61 bits per heavy atom. The minimum Gasteiger partial charge on any atom is -0.490 e. The van der Waals surface area contributed by atoms with Gasteiger partial charge in [-0.3, -0.25) is 19.3 Å². The summed E-state index contributed by atoms with van der Waals surface area (Å²) in [6, 6.07) is 7.26. The molecule has 1 saturated heterocycles. The number of imide groups is 1. The Hall–Kier alpha value is -2.63. The van der Waals surface area contributed by atoms with Gasteiger partial charge in [0.15, 0.2) is 0 Å². The molecule has 0 radical (unpaired) electrons. The van der Waals surface area contributed by atoms with Crippen LogP contribution in [0.5, 0.6) is 5.75 Å². The van der Waals surface area contributed by atoms with E-state index in [1.807, 2.05) is 12.1 Å². The van der Waals surface area contributed by atoms with E-state index < -0.39 is 0 Å². The molecule has 6 heteroatoms. The fraction of sp³-hybridized carbons (Fsp3) is 0.500. The first-order valence-corrected chi connectivity index (χ1v) is 10.2. The van der Waals surface area contributed by atoms with E-state index in [2.05, 4.69) is 17.5 Å². The van der Waals surface area contributed by atoms with Crippen molar-refractivity contribution in [2.45, 2.75) is 38.2 Å². The molecule has 4 atom stereocenters. The quantitative estimate of drug-likeness (QED) is 0.630. The summed E-state index contributed by atoms with van der Waals surface area (Å²) in [5.74, 6) is -0.148. The number of ether oxygens (including phenoxy) is 1. The van der Waals surface area contributed by atoms with Crippen LogP contribution in [0.2, 0.25) is 0 Å². The molecule has 1 aromatic carbocycles. The number of anilines is 1. The summed E-state index contributed by atoms with van der Waals surface area (Å²) in [5.41, 5.74) is 0.629. The van der Waals surface area contributed by atoms with Gasteiger partial charge in [-0.1, -0.05) is 12.2 Å². The Morgan fingerprint density at radius 1 is 1.00 bits per heavy atom. The number of amides is 3. The van der Waals surface area contributed by atoms with E-state index in [1.165, 1.54) is 12.8 Å². The number of fused-ring (bicyclic) bond motifs is 5. The van der Waals surface area contributed by atoms with Crippen LogP contribution in [0.1, 0.15) is 32.1 Å². The van der Waals surface area contributed by atoms with Gasteiger partial charge in [0.25, 0.3) is 0 Å². The van der Waals surface area contributed by atoms with Crippen molar-refractivity contribution in [3.8, 4) is 5.75 Å². The van der Waals surface area contributed by atoms with Crippen LogP contribution < -0.4 is 10.1 Å². The molecule has 3 fully saturated rings. The SMILES string of the molecule is O=C(CN1C(=O)C2C3C=CC(C3)C2C1=O)Nc1ccc(OC2CCCC2)cc1. The van der Waals surface area contributed by atoms with Crippen molar-refractivity contribution in [3.63, 3.8) is 0 Å². The lowest BCUT2D eigenvalue weighted by Crippen LogP contribution is -2.39. The van der Waals surface area contributed by atoms with Gasteiger partial charge in [-0.05, 0) is 68.2 Å². The molecule has 3 aliphatic carbocycles. The van der Waals surface area contributed by atoms with E-state index in [4.69, 9.17) is 4.74 Å². The first-order valence-electron chi connectivity index (χ1n) is 10.2. The van der Waals surface area contributed by atoms with E-state index in [0.29, 0.717) is 5.69 Å². The molecule has 1 aromatic rings. The first kappa shape index (κ1) is 17.5. The average molecular weight is 380 g/mol. The number of benzene rings is 1. The Labute approximate surface area is 163 Å². The Balaban J connectivity index is 1.18. The largest absolute Gasteiger partial charge is 0.490 e. The van der Waals surface area contributed by atoms with Crippen molar-refractivity contribution in [1.29, 1.82) is 0 Å². The molecule has 1 heterocycles. The van der Waals surface area contributed by atoms with Crippen LogP contribution in [0.4, 0.5) is 5.69 Å². The summed E-state index contributed by atoms with van der Waals surface area (Å²) in [7, 11) is 0. The van der Waals surface area contributed by atoms with Gasteiger partial charge >= 0.3 is 0 Å². The van der Waals surface area contributed by atoms with Crippen molar-refractivity contribution in [1.82, 2.24) is 4.90 Å². The van der Waals surface area contributed by atoms with E-state index >= 15 is 0 Å². The highest BCUT2D eigenvalue weighted by Gasteiger charge is 2.59. The molecule has 1 N–H and O–H groups in total. The number of allylic oxidation sites excluding steroid dienone is 2. The van der Waals surface area contributed by atoms with Gasteiger partial charge in [0, 0.05) is 5.69 Å². The van der Waals surface area contributed by atoms with E-state index in [1.54, 1.807) is 12.1 Å². The Morgan fingerprint density at radius 3 is 2.21 bits per heavy atom. The standard InChI is InChI=1S/C22H24N2O4/c25-18(23-15-7-9-17(10-8-15)28-16-3-1-2-4-16)12-24-21(26)19-13-5-6-14(11-13)20(19)22(24)27/h5-10,13-14,16,19-20H,1-4,11-12H2,(H,23,25). The smallest absolute Gasteiger partial charge is 0.244 e. The molecular weight excluding hydrogens is 356 g/mol. The molecule has 5 rings (SSSR count). The van der Waals surface area contributed by atoms with Gasteiger partial charge < -0.3 is 10.1 Å². The van der Waals surface area contributed by atoms with Crippen LogP contribution in [0.25, 0.3) is 0 Å². The molecule has 146 valence electrons. The molecular formula is C22H24N2O4. The van der Waals surface area contributed by atoms with Gasteiger partial charge in [0.2, 0.25) is 17.7 Å². The van der Waals surface area contributed by atoms with Crippen LogP contribution in [0, 0.1) is 23.7 Å². The van der Waals surface area contributed by atoms with Crippen LogP contribution in [0.15, 0.2) is 36.4 Å². The Bertz CT molecular complexity index is 811. The minimum absolute atomic E-state index is 0.159. The van der Waals surface area contributed by atoms with Gasteiger partial charge in [-0.2, -0.15) is 0 Å². The summed E-state index contributed by atoms with van der Waals surface area (Å²) in [6.07, 6.45) is 9.90. The minimum atomic E-state index is -0.355. The normalized spacial score (nSPS) is 30.9. The number of hydrogen-bond donors (Lipinski definition) is 1. The number of rotatable bonds is 5. The summed E-state index contributed by atoms with van der Waals surface area (Å²) in [5, 5.41) is 2.78. The number of likely N-dealkylation sites (tertiary alicyclic amines) is 1. The second kappa shape index (κ2) is 6.76. The van der Waals surface area contributed by atoms with E-state index in [0.717, 1.165) is 29.9 Å². The number of nitrogens with zero attached hydrogens (tertiary/aromatic N) is 1. The van der Waals surface area contributed by atoms with Crippen molar-refractivity contribution in [2.75, 3.05) is 11.9 Å². The van der Waals surface area contributed by atoms with Crippen molar-refractivity contribution >= 4 is 23.4 Å². The molecule has 28 heavy (non-hydrogen) atoms. The predicted molar refractivity (Wildman–Crippen MR) is 102 cm³/mol. The first-order chi connectivity index (χ1) is 13.6. The maximum absolute atomic E-state index is 12.7. The average Bonchev–Trinajstić information content (AvgIpc) is 3.46. The summed E-state index contributed by atoms with van der Waals surface area (Å²) in [6.45, 7) is -0.218. The monoisotopic (exact) mass is 380 g/mol.